The molecule has 0 aliphatic heterocycles. The number of ether oxygens (including phenoxy) is 3. The number of halogens is 3. The number of methoxy groups -OCH3 is 3. The van der Waals surface area contributed by atoms with E-state index >= 15 is 0 Å². The second-order valence-electron chi connectivity index (χ2n) is 6.57. The Labute approximate surface area is 172 Å². The molecule has 0 saturated heterocycles. The molecule has 1 amide bonds. The molecule has 0 radical (unpaired) electrons. The monoisotopic (exact) mass is 427 g/mol. The number of carbonyl (C=O) groups is 1. The van der Waals surface area contributed by atoms with E-state index in [1.807, 2.05) is 0 Å². The zero-order chi connectivity index (χ0) is 22.5. The number of benzene rings is 2. The van der Waals surface area contributed by atoms with Gasteiger partial charge in [0.15, 0.2) is 11.5 Å². The molecule has 2 rings (SSSR count). The number of hydrogen-bond acceptors (Lipinski definition) is 5. The summed E-state index contributed by atoms with van der Waals surface area (Å²) < 4.78 is 55.5. The van der Waals surface area contributed by atoms with Crippen molar-refractivity contribution in [3.8, 4) is 17.2 Å². The summed E-state index contributed by atoms with van der Waals surface area (Å²) in [6.07, 6.45) is -4.25. The molecule has 6 nitrogen and oxygen atoms in total. The van der Waals surface area contributed by atoms with E-state index in [9.17, 15) is 23.1 Å². The summed E-state index contributed by atoms with van der Waals surface area (Å²) in [5.74, 6) is -0.643. The van der Waals surface area contributed by atoms with Gasteiger partial charge in [-0.25, -0.2) is 0 Å². The fourth-order valence-electron chi connectivity index (χ4n) is 3.40. The van der Waals surface area contributed by atoms with E-state index < -0.39 is 23.6 Å². The second kappa shape index (κ2) is 9.71. The summed E-state index contributed by atoms with van der Waals surface area (Å²) >= 11 is 0. The first-order valence-electron chi connectivity index (χ1n) is 9.07. The van der Waals surface area contributed by atoms with E-state index in [1.54, 1.807) is 6.07 Å². The third kappa shape index (κ3) is 4.96. The molecule has 164 valence electrons. The Bertz CT molecular complexity index is 899. The van der Waals surface area contributed by atoms with Crippen LogP contribution in [0.4, 0.5) is 13.2 Å². The highest BCUT2D eigenvalue weighted by Gasteiger charge is 2.31. The molecule has 1 atom stereocenters. The van der Waals surface area contributed by atoms with Gasteiger partial charge >= 0.3 is 6.18 Å². The van der Waals surface area contributed by atoms with Gasteiger partial charge < -0.3 is 25.1 Å². The van der Waals surface area contributed by atoms with E-state index in [2.05, 4.69) is 0 Å². The molecule has 0 saturated carbocycles. The maximum absolute atomic E-state index is 13.2. The number of aliphatic hydroxyl groups is 1. The Kier molecular flexibility index (Phi) is 7.55. The van der Waals surface area contributed by atoms with Crippen LogP contribution in [-0.2, 0) is 12.6 Å². The van der Waals surface area contributed by atoms with Gasteiger partial charge in [0.1, 0.15) is 0 Å². The molecule has 30 heavy (non-hydrogen) atoms. The van der Waals surface area contributed by atoms with Crippen molar-refractivity contribution in [2.75, 3.05) is 27.9 Å². The largest absolute Gasteiger partial charge is 0.493 e. The lowest BCUT2D eigenvalue weighted by atomic mass is 9.86. The number of aliphatic hydroxyl groups excluding tert-OH is 1. The van der Waals surface area contributed by atoms with Gasteiger partial charge in [-0.05, 0) is 36.5 Å². The summed E-state index contributed by atoms with van der Waals surface area (Å²) in [5.41, 5.74) is 5.56. The van der Waals surface area contributed by atoms with Crippen molar-refractivity contribution in [2.45, 2.75) is 24.9 Å². The van der Waals surface area contributed by atoms with Crippen molar-refractivity contribution in [1.29, 1.82) is 0 Å². The number of hydrogen-bond donors (Lipinski definition) is 2. The number of alkyl halides is 3. The lowest BCUT2D eigenvalue weighted by Gasteiger charge is -2.23. The minimum absolute atomic E-state index is 0.0870. The van der Waals surface area contributed by atoms with Crippen molar-refractivity contribution < 1.29 is 37.3 Å². The van der Waals surface area contributed by atoms with Crippen molar-refractivity contribution >= 4 is 5.91 Å². The topological polar surface area (TPSA) is 91.0 Å². The Morgan fingerprint density at radius 1 is 1.10 bits per heavy atom. The number of nitrogens with two attached hydrogens (primary N) is 1. The Hall–Kier alpha value is -2.94. The van der Waals surface area contributed by atoms with Crippen molar-refractivity contribution in [3.05, 3.63) is 52.6 Å². The minimum Gasteiger partial charge on any atom is -0.493 e. The molecule has 0 spiro atoms. The summed E-state index contributed by atoms with van der Waals surface area (Å²) in [6, 6.07) is 6.28. The Morgan fingerprint density at radius 3 is 2.27 bits per heavy atom. The summed E-state index contributed by atoms with van der Waals surface area (Å²) in [6.45, 7) is -0.261. The summed E-state index contributed by atoms with van der Waals surface area (Å²) in [7, 11) is 4.15. The zero-order valence-corrected chi connectivity index (χ0v) is 16.9. The molecule has 0 heterocycles. The fourth-order valence-corrected chi connectivity index (χ4v) is 3.40. The standard InChI is InChI=1S/C21H24F3NO5/c1-28-17-11-16(20(25)27)15(18(29-2)19(17)30-3)10-13(7-8-26)12-5-4-6-14(9-12)21(22,23)24/h4-6,9,11,13,26H,7-8,10H2,1-3H3,(H2,25,27). The van der Waals surface area contributed by atoms with Crippen LogP contribution in [0.2, 0.25) is 0 Å². The molecule has 1 unspecified atom stereocenters. The van der Waals surface area contributed by atoms with Crippen LogP contribution in [0.1, 0.15) is 39.4 Å². The lowest BCUT2D eigenvalue weighted by molar-refractivity contribution is -0.137. The van der Waals surface area contributed by atoms with E-state index in [4.69, 9.17) is 19.9 Å². The fraction of sp³-hybridized carbons (Fsp3) is 0.381. The van der Waals surface area contributed by atoms with Gasteiger partial charge in [-0.3, -0.25) is 4.79 Å². The molecule has 0 fully saturated rings. The maximum atomic E-state index is 13.2. The van der Waals surface area contributed by atoms with Crippen LogP contribution in [0, 0.1) is 0 Å². The third-order valence-corrected chi connectivity index (χ3v) is 4.81. The molecule has 0 aromatic heterocycles. The van der Waals surface area contributed by atoms with E-state index in [0.717, 1.165) is 12.1 Å². The van der Waals surface area contributed by atoms with Gasteiger partial charge in [0.2, 0.25) is 11.7 Å². The van der Waals surface area contributed by atoms with Crippen LogP contribution in [0.25, 0.3) is 0 Å². The van der Waals surface area contributed by atoms with Gasteiger partial charge in [0.25, 0.3) is 0 Å². The smallest absolute Gasteiger partial charge is 0.416 e. The predicted octanol–water partition coefficient (Wildman–Crippen LogP) is 3.54. The molecule has 3 N–H and O–H groups in total. The lowest BCUT2D eigenvalue weighted by Crippen LogP contribution is -2.18. The van der Waals surface area contributed by atoms with Gasteiger partial charge in [-0.1, -0.05) is 18.2 Å². The number of amides is 1. The average Bonchev–Trinajstić information content (AvgIpc) is 2.71. The van der Waals surface area contributed by atoms with Crippen LogP contribution in [0.3, 0.4) is 0 Å². The maximum Gasteiger partial charge on any atom is 0.416 e. The van der Waals surface area contributed by atoms with Crippen molar-refractivity contribution in [1.82, 2.24) is 0 Å². The van der Waals surface area contributed by atoms with E-state index in [-0.39, 0.29) is 42.3 Å². The van der Waals surface area contributed by atoms with Crippen LogP contribution in [0.15, 0.2) is 30.3 Å². The predicted molar refractivity (Wildman–Crippen MR) is 104 cm³/mol. The van der Waals surface area contributed by atoms with Gasteiger partial charge in [0.05, 0.1) is 26.9 Å². The van der Waals surface area contributed by atoms with Crippen molar-refractivity contribution in [3.63, 3.8) is 0 Å². The highest BCUT2D eigenvalue weighted by molar-refractivity contribution is 5.96. The average molecular weight is 427 g/mol. The quantitative estimate of drug-likeness (QED) is 0.639. The molecule has 0 bridgehead atoms. The van der Waals surface area contributed by atoms with Gasteiger partial charge in [-0.15, -0.1) is 0 Å². The molecule has 9 heteroatoms. The first kappa shape index (κ1) is 23.3. The Balaban J connectivity index is 2.63. The minimum atomic E-state index is -4.50. The number of carbonyl (C=O) groups excluding carboxylic acids is 1. The summed E-state index contributed by atoms with van der Waals surface area (Å²) in [4.78, 5) is 12.1. The molecule has 0 aliphatic rings. The SMILES string of the molecule is COc1cc(C(N)=O)c(CC(CCO)c2cccc(C(F)(F)F)c2)c(OC)c1OC. The van der Waals surface area contributed by atoms with E-state index in [1.165, 1.54) is 33.5 Å². The zero-order valence-electron chi connectivity index (χ0n) is 16.9. The molecule has 2 aromatic carbocycles. The molecule has 2 aromatic rings. The highest BCUT2D eigenvalue weighted by Crippen LogP contribution is 2.44. The number of rotatable bonds is 9. The van der Waals surface area contributed by atoms with Crippen LogP contribution in [0.5, 0.6) is 17.2 Å². The van der Waals surface area contributed by atoms with E-state index in [0.29, 0.717) is 11.1 Å². The third-order valence-electron chi connectivity index (χ3n) is 4.81. The molecular formula is C21H24F3NO5. The highest BCUT2D eigenvalue weighted by atomic mass is 19.4. The van der Waals surface area contributed by atoms with Gasteiger partial charge in [-0.2, -0.15) is 13.2 Å². The second-order valence-corrected chi connectivity index (χ2v) is 6.57. The van der Waals surface area contributed by atoms with Crippen molar-refractivity contribution in [2.24, 2.45) is 5.73 Å². The van der Waals surface area contributed by atoms with Crippen LogP contribution >= 0.6 is 0 Å². The van der Waals surface area contributed by atoms with Crippen LogP contribution in [-0.4, -0.2) is 38.9 Å². The first-order chi connectivity index (χ1) is 14.2. The molecule has 0 aliphatic carbocycles. The first-order valence-corrected chi connectivity index (χ1v) is 9.07. The number of primary amides is 1. The summed E-state index contributed by atoms with van der Waals surface area (Å²) in [5, 5.41) is 9.50. The van der Waals surface area contributed by atoms with Crippen LogP contribution < -0.4 is 19.9 Å². The molecular weight excluding hydrogens is 403 g/mol. The van der Waals surface area contributed by atoms with Gasteiger partial charge in [0, 0.05) is 17.7 Å². The normalized spacial score (nSPS) is 12.4. The Morgan fingerprint density at radius 2 is 1.77 bits per heavy atom.